The molecule has 0 atom stereocenters. The standard InChI is InChI=1S/C11H8OS2.Zn/c12-6-8-5-11(14-7-8)9-3-1-2-4-10(9)13;/h1-7,13H;. The Morgan fingerprint density at radius 3 is 2.60 bits per heavy atom. The van der Waals surface area contributed by atoms with Gasteiger partial charge in [0, 0.05) is 45.8 Å². The van der Waals surface area contributed by atoms with E-state index in [0.29, 0.717) is 0 Å². The van der Waals surface area contributed by atoms with E-state index in [1.807, 2.05) is 35.7 Å². The van der Waals surface area contributed by atoms with Crippen molar-refractivity contribution < 1.29 is 24.3 Å². The Balaban J connectivity index is 0.00000112. The maximum Gasteiger partial charge on any atom is 0.150 e. The molecule has 0 amide bonds. The maximum atomic E-state index is 10.5. The van der Waals surface area contributed by atoms with Crippen molar-refractivity contribution in [2.45, 2.75) is 4.90 Å². The quantitative estimate of drug-likeness (QED) is 0.508. The molecule has 0 saturated heterocycles. The second-order valence-electron chi connectivity index (χ2n) is 2.88. The van der Waals surface area contributed by atoms with Crippen LogP contribution in [0.1, 0.15) is 10.4 Å². The number of hydrogen-bond donors (Lipinski definition) is 1. The number of thiol groups is 1. The summed E-state index contributed by atoms with van der Waals surface area (Å²) in [4.78, 5) is 12.5. The van der Waals surface area contributed by atoms with E-state index < -0.39 is 0 Å². The number of aldehydes is 1. The Morgan fingerprint density at radius 1 is 1.27 bits per heavy atom. The zero-order valence-corrected chi connectivity index (χ0v) is 12.7. The molecule has 0 N–H and O–H groups in total. The van der Waals surface area contributed by atoms with Crippen molar-refractivity contribution in [3.05, 3.63) is 41.3 Å². The van der Waals surface area contributed by atoms with Gasteiger partial charge in [0.1, 0.15) is 0 Å². The molecule has 0 aliphatic carbocycles. The van der Waals surface area contributed by atoms with Gasteiger partial charge in [0.2, 0.25) is 0 Å². The number of thiophene rings is 1. The van der Waals surface area contributed by atoms with Crippen LogP contribution in [0.4, 0.5) is 0 Å². The average Bonchev–Trinajstić information content (AvgIpc) is 2.67. The van der Waals surface area contributed by atoms with Gasteiger partial charge in [0.25, 0.3) is 0 Å². The van der Waals surface area contributed by atoms with Gasteiger partial charge in [-0.25, -0.2) is 0 Å². The van der Waals surface area contributed by atoms with Crippen molar-refractivity contribution in [2.24, 2.45) is 0 Å². The zero-order chi connectivity index (χ0) is 9.97. The first-order valence-corrected chi connectivity index (χ1v) is 5.46. The molecule has 4 heteroatoms. The first kappa shape index (κ1) is 12.6. The summed E-state index contributed by atoms with van der Waals surface area (Å²) in [5.74, 6) is 0. The SMILES string of the molecule is O=Cc1csc(-c2ccccc2S)c1.[Zn]. The van der Waals surface area contributed by atoms with Crippen LogP contribution in [-0.2, 0) is 19.5 Å². The predicted molar refractivity (Wildman–Crippen MR) is 62.4 cm³/mol. The summed E-state index contributed by atoms with van der Waals surface area (Å²) in [5, 5.41) is 1.85. The number of rotatable bonds is 2. The number of carbonyl (C=O) groups is 1. The minimum Gasteiger partial charge on any atom is -0.298 e. The molecule has 1 aromatic carbocycles. The van der Waals surface area contributed by atoms with E-state index in [1.54, 1.807) is 11.3 Å². The molecule has 0 radical (unpaired) electrons. The second-order valence-corrected chi connectivity index (χ2v) is 4.27. The summed E-state index contributed by atoms with van der Waals surface area (Å²) in [6.45, 7) is 0. The Hall–Kier alpha value is -0.437. The normalized spacial score (nSPS) is 9.40. The molecule has 72 valence electrons. The Kier molecular flexibility index (Phi) is 4.71. The molecule has 1 aromatic heterocycles. The summed E-state index contributed by atoms with van der Waals surface area (Å²) < 4.78 is 0. The van der Waals surface area contributed by atoms with Crippen LogP contribution >= 0.6 is 24.0 Å². The monoisotopic (exact) mass is 284 g/mol. The third kappa shape index (κ3) is 2.78. The van der Waals surface area contributed by atoms with Gasteiger partial charge in [0.15, 0.2) is 6.29 Å². The van der Waals surface area contributed by atoms with Gasteiger partial charge in [-0.2, -0.15) is 0 Å². The molecule has 2 aromatic rings. The largest absolute Gasteiger partial charge is 0.298 e. The third-order valence-electron chi connectivity index (χ3n) is 1.93. The van der Waals surface area contributed by atoms with E-state index in [-0.39, 0.29) is 19.5 Å². The molecule has 1 heterocycles. The molecule has 1 nitrogen and oxygen atoms in total. The summed E-state index contributed by atoms with van der Waals surface area (Å²) in [5.41, 5.74) is 1.80. The fourth-order valence-corrected chi connectivity index (χ4v) is 2.49. The van der Waals surface area contributed by atoms with Crippen LogP contribution < -0.4 is 0 Å². The fourth-order valence-electron chi connectivity index (χ4n) is 1.24. The molecular weight excluding hydrogens is 278 g/mol. The van der Waals surface area contributed by atoms with Crippen LogP contribution in [0.2, 0.25) is 0 Å². The molecule has 15 heavy (non-hydrogen) atoms. The molecule has 2 rings (SSSR count). The topological polar surface area (TPSA) is 17.1 Å². The van der Waals surface area contributed by atoms with Crippen LogP contribution in [0, 0.1) is 0 Å². The van der Waals surface area contributed by atoms with Gasteiger partial charge < -0.3 is 0 Å². The predicted octanol–water partition coefficient (Wildman–Crippen LogP) is 3.51. The Labute approximate surface area is 111 Å². The number of hydrogen-bond acceptors (Lipinski definition) is 3. The second kappa shape index (κ2) is 5.59. The van der Waals surface area contributed by atoms with Crippen molar-refractivity contribution >= 4 is 30.3 Å². The van der Waals surface area contributed by atoms with E-state index in [4.69, 9.17) is 0 Å². The molecular formula is C11H8OS2Zn. The summed E-state index contributed by atoms with van der Waals surface area (Å²) in [6.07, 6.45) is 0.862. The van der Waals surface area contributed by atoms with Gasteiger partial charge in [-0.15, -0.1) is 24.0 Å². The molecule has 0 aliphatic heterocycles. The van der Waals surface area contributed by atoms with Gasteiger partial charge >= 0.3 is 0 Å². The third-order valence-corrected chi connectivity index (χ3v) is 3.30. The van der Waals surface area contributed by atoms with Crippen LogP contribution in [0.3, 0.4) is 0 Å². The van der Waals surface area contributed by atoms with Crippen LogP contribution in [0.25, 0.3) is 10.4 Å². The maximum absolute atomic E-state index is 10.5. The summed E-state index contributed by atoms with van der Waals surface area (Å²) >= 11 is 5.93. The van der Waals surface area contributed by atoms with E-state index >= 15 is 0 Å². The van der Waals surface area contributed by atoms with Gasteiger partial charge in [-0.05, 0) is 12.1 Å². The minimum atomic E-state index is 0. The molecule has 0 unspecified atom stereocenters. The smallest absolute Gasteiger partial charge is 0.150 e. The Morgan fingerprint density at radius 2 is 2.00 bits per heavy atom. The molecule has 0 aliphatic rings. The number of carbonyl (C=O) groups excluding carboxylic acids is 1. The fraction of sp³-hybridized carbons (Fsp3) is 0. The summed E-state index contributed by atoms with van der Waals surface area (Å²) in [7, 11) is 0. The van der Waals surface area contributed by atoms with E-state index in [2.05, 4.69) is 12.6 Å². The summed E-state index contributed by atoms with van der Waals surface area (Å²) in [6, 6.07) is 9.74. The minimum absolute atomic E-state index is 0. The van der Waals surface area contributed by atoms with Crippen molar-refractivity contribution in [3.8, 4) is 10.4 Å². The van der Waals surface area contributed by atoms with Gasteiger partial charge in [-0.3, -0.25) is 4.79 Å². The van der Waals surface area contributed by atoms with Crippen molar-refractivity contribution in [3.63, 3.8) is 0 Å². The zero-order valence-electron chi connectivity index (χ0n) is 8.01. The molecule has 0 fully saturated rings. The number of benzene rings is 1. The van der Waals surface area contributed by atoms with Crippen LogP contribution in [0.5, 0.6) is 0 Å². The van der Waals surface area contributed by atoms with Crippen LogP contribution in [-0.4, -0.2) is 6.29 Å². The van der Waals surface area contributed by atoms with E-state index in [0.717, 1.165) is 27.2 Å². The molecule has 0 bridgehead atoms. The average molecular weight is 286 g/mol. The van der Waals surface area contributed by atoms with Crippen molar-refractivity contribution in [1.82, 2.24) is 0 Å². The van der Waals surface area contributed by atoms with Crippen molar-refractivity contribution in [1.29, 1.82) is 0 Å². The first-order valence-electron chi connectivity index (χ1n) is 4.13. The van der Waals surface area contributed by atoms with E-state index in [1.165, 1.54) is 0 Å². The van der Waals surface area contributed by atoms with E-state index in [9.17, 15) is 4.79 Å². The van der Waals surface area contributed by atoms with Gasteiger partial charge in [0.05, 0.1) is 0 Å². The van der Waals surface area contributed by atoms with Crippen molar-refractivity contribution in [2.75, 3.05) is 0 Å². The van der Waals surface area contributed by atoms with Gasteiger partial charge in [-0.1, -0.05) is 18.2 Å². The Bertz CT molecular complexity index is 465. The first-order chi connectivity index (χ1) is 6.81. The molecule has 0 saturated carbocycles. The van der Waals surface area contributed by atoms with Crippen LogP contribution in [0.15, 0.2) is 40.6 Å². The molecule has 0 spiro atoms.